The topological polar surface area (TPSA) is 80.0 Å². The number of amidine groups is 1. The van der Waals surface area contributed by atoms with Crippen molar-refractivity contribution in [3.8, 4) is 11.1 Å². The summed E-state index contributed by atoms with van der Waals surface area (Å²) in [5.74, 6) is 0.987. The maximum atomic E-state index is 13.3. The first-order chi connectivity index (χ1) is 20.5. The molecule has 4 aromatic rings. The van der Waals surface area contributed by atoms with Gasteiger partial charge in [0.2, 0.25) is 0 Å². The highest BCUT2D eigenvalue weighted by atomic mass is 16.5. The summed E-state index contributed by atoms with van der Waals surface area (Å²) in [4.78, 5) is 20.3. The number of nitrogens with one attached hydrogen (secondary N) is 1. The Bertz CT molecular complexity index is 1480. The molecule has 42 heavy (non-hydrogen) atoms. The van der Waals surface area contributed by atoms with Gasteiger partial charge in [-0.05, 0) is 79.2 Å². The fourth-order valence-electron chi connectivity index (χ4n) is 5.75. The van der Waals surface area contributed by atoms with Gasteiger partial charge in [0.1, 0.15) is 5.84 Å². The second-order valence-corrected chi connectivity index (χ2v) is 10.9. The number of aliphatic imine (C=N–C) groups is 1. The van der Waals surface area contributed by atoms with Crippen molar-refractivity contribution in [3.05, 3.63) is 125 Å². The van der Waals surface area contributed by atoms with Gasteiger partial charge >= 0.3 is 0 Å². The molecule has 1 fully saturated rings. The van der Waals surface area contributed by atoms with Crippen LogP contribution < -0.4 is 11.1 Å². The van der Waals surface area contributed by atoms with Crippen LogP contribution in [0.1, 0.15) is 51.8 Å². The van der Waals surface area contributed by atoms with E-state index in [4.69, 9.17) is 10.5 Å². The van der Waals surface area contributed by atoms with Gasteiger partial charge in [-0.2, -0.15) is 0 Å². The summed E-state index contributed by atoms with van der Waals surface area (Å²) >= 11 is 0. The number of nitrogens with zero attached hydrogens (tertiary/aromatic N) is 2. The quantitative estimate of drug-likeness (QED) is 0.126. The Labute approximate surface area is 249 Å². The zero-order valence-corrected chi connectivity index (χ0v) is 24.5. The first-order valence-corrected chi connectivity index (χ1v) is 14.7. The van der Waals surface area contributed by atoms with Crippen molar-refractivity contribution in [2.24, 2.45) is 10.7 Å². The molecule has 1 aliphatic rings. The lowest BCUT2D eigenvalue weighted by atomic mass is 9.88. The monoisotopic (exact) mass is 560 g/mol. The molecule has 1 unspecified atom stereocenters. The molecule has 0 spiro atoms. The minimum Gasteiger partial charge on any atom is -0.386 e. The van der Waals surface area contributed by atoms with E-state index in [2.05, 4.69) is 82.8 Å². The minimum absolute atomic E-state index is 0.0376. The molecule has 1 amide bonds. The maximum absolute atomic E-state index is 13.3. The smallest absolute Gasteiger partial charge is 0.256 e. The molecule has 0 aromatic heterocycles. The summed E-state index contributed by atoms with van der Waals surface area (Å²) in [6.45, 7) is 5.04. The summed E-state index contributed by atoms with van der Waals surface area (Å²) in [6, 6.07) is 34.7. The van der Waals surface area contributed by atoms with E-state index >= 15 is 0 Å². The number of hydrogen-bond donors (Lipinski definition) is 2. The number of aryl methyl sites for hydroxylation is 1. The van der Waals surface area contributed by atoms with Gasteiger partial charge in [-0.3, -0.25) is 14.7 Å². The van der Waals surface area contributed by atoms with Crippen molar-refractivity contribution in [2.45, 2.75) is 31.7 Å². The number of likely N-dealkylation sites (tertiary alicyclic amines) is 1. The summed E-state index contributed by atoms with van der Waals surface area (Å²) in [6.07, 6.45) is 2.06. The lowest BCUT2D eigenvalue weighted by Crippen LogP contribution is -2.42. The molecular weight excluding hydrogens is 520 g/mol. The highest BCUT2D eigenvalue weighted by molar-refractivity contribution is 6.08. The molecule has 0 saturated carbocycles. The first kappa shape index (κ1) is 29.2. The average molecular weight is 561 g/mol. The predicted molar refractivity (Wildman–Crippen MR) is 172 cm³/mol. The second kappa shape index (κ2) is 14.1. The number of rotatable bonds is 10. The highest BCUT2D eigenvalue weighted by Crippen LogP contribution is 2.33. The van der Waals surface area contributed by atoms with Crippen molar-refractivity contribution in [1.29, 1.82) is 0 Å². The van der Waals surface area contributed by atoms with Crippen molar-refractivity contribution >= 4 is 17.4 Å². The fourth-order valence-corrected chi connectivity index (χ4v) is 5.75. The molecule has 0 aliphatic carbocycles. The summed E-state index contributed by atoms with van der Waals surface area (Å²) in [5, 5.41) is 3.10. The number of anilines is 1. The third kappa shape index (κ3) is 7.14. The summed E-state index contributed by atoms with van der Waals surface area (Å²) < 4.78 is 5.17. The van der Waals surface area contributed by atoms with Crippen LogP contribution in [0.4, 0.5) is 5.69 Å². The van der Waals surface area contributed by atoms with E-state index in [1.807, 2.05) is 42.5 Å². The number of carbonyl (C=O) groups excluding carboxylic acids is 1. The molecule has 6 heteroatoms. The Morgan fingerprint density at radius 3 is 2.29 bits per heavy atom. The van der Waals surface area contributed by atoms with Crippen LogP contribution in [0.15, 0.2) is 108 Å². The average Bonchev–Trinajstić information content (AvgIpc) is 3.03. The zero-order chi connectivity index (χ0) is 29.3. The third-order valence-electron chi connectivity index (χ3n) is 8.05. The molecule has 0 bridgehead atoms. The highest BCUT2D eigenvalue weighted by Gasteiger charge is 2.29. The van der Waals surface area contributed by atoms with Crippen LogP contribution in [0, 0.1) is 6.92 Å². The second-order valence-electron chi connectivity index (χ2n) is 10.9. The zero-order valence-electron chi connectivity index (χ0n) is 24.5. The molecule has 216 valence electrons. The standard InChI is InChI=1S/C36H40N4O2/c1-26-12-14-29(15-13-26)32-10-6-7-11-33(32)36(41)39-31-18-16-27(17-19-31)28-20-23-40(24-21-28)34(30-8-4-3-5-9-30)35(37)38-22-25-42-2/h3-19,28,34H,20-25H2,1-2H3,(H2,37,38)(H,39,41). The lowest BCUT2D eigenvalue weighted by Gasteiger charge is -2.37. The molecule has 4 aromatic carbocycles. The van der Waals surface area contributed by atoms with Gasteiger partial charge in [-0.25, -0.2) is 0 Å². The third-order valence-corrected chi connectivity index (χ3v) is 8.05. The molecular formula is C36H40N4O2. The van der Waals surface area contributed by atoms with Gasteiger partial charge in [-0.1, -0.05) is 90.5 Å². The largest absolute Gasteiger partial charge is 0.386 e. The maximum Gasteiger partial charge on any atom is 0.256 e. The Morgan fingerprint density at radius 1 is 0.929 bits per heavy atom. The summed E-state index contributed by atoms with van der Waals surface area (Å²) in [7, 11) is 1.68. The fraction of sp³-hybridized carbons (Fsp3) is 0.278. The number of piperidine rings is 1. The van der Waals surface area contributed by atoms with Crippen molar-refractivity contribution in [2.75, 3.05) is 38.7 Å². The molecule has 3 N–H and O–H groups in total. The van der Waals surface area contributed by atoms with Crippen molar-refractivity contribution in [1.82, 2.24) is 4.90 Å². The SMILES string of the molecule is COCCN=C(N)C(c1ccccc1)N1CCC(c2ccc(NC(=O)c3ccccc3-c3ccc(C)cc3)cc2)CC1. The van der Waals surface area contributed by atoms with E-state index in [1.165, 1.54) is 16.7 Å². The normalized spacial score (nSPS) is 15.3. The molecule has 0 radical (unpaired) electrons. The van der Waals surface area contributed by atoms with Crippen LogP contribution in [-0.4, -0.2) is 50.0 Å². The van der Waals surface area contributed by atoms with E-state index in [0.29, 0.717) is 30.5 Å². The number of hydrogen-bond acceptors (Lipinski definition) is 4. The predicted octanol–water partition coefficient (Wildman–Crippen LogP) is 6.84. The molecule has 1 saturated heterocycles. The number of carbonyl (C=O) groups is 1. The van der Waals surface area contributed by atoms with Gasteiger partial charge in [0.25, 0.3) is 5.91 Å². The van der Waals surface area contributed by atoms with Crippen LogP contribution in [0.25, 0.3) is 11.1 Å². The Hall–Kier alpha value is -4.26. The van der Waals surface area contributed by atoms with Crippen LogP contribution >= 0.6 is 0 Å². The van der Waals surface area contributed by atoms with Crippen molar-refractivity contribution < 1.29 is 9.53 Å². The van der Waals surface area contributed by atoms with Gasteiger partial charge in [0, 0.05) is 18.4 Å². The van der Waals surface area contributed by atoms with E-state index in [1.54, 1.807) is 7.11 Å². The van der Waals surface area contributed by atoms with E-state index in [-0.39, 0.29) is 11.9 Å². The van der Waals surface area contributed by atoms with Crippen LogP contribution in [0.5, 0.6) is 0 Å². The number of nitrogens with two attached hydrogens (primary N) is 1. The molecule has 1 heterocycles. The molecule has 6 nitrogen and oxygen atoms in total. The van der Waals surface area contributed by atoms with E-state index in [0.717, 1.165) is 42.7 Å². The minimum atomic E-state index is -0.107. The number of ether oxygens (including phenoxy) is 1. The van der Waals surface area contributed by atoms with Gasteiger partial charge < -0.3 is 15.8 Å². The summed E-state index contributed by atoms with van der Waals surface area (Å²) in [5.41, 5.74) is 13.6. The number of amides is 1. The Morgan fingerprint density at radius 2 is 1.60 bits per heavy atom. The van der Waals surface area contributed by atoms with Crippen LogP contribution in [0.2, 0.25) is 0 Å². The van der Waals surface area contributed by atoms with Crippen LogP contribution in [0.3, 0.4) is 0 Å². The van der Waals surface area contributed by atoms with E-state index < -0.39 is 0 Å². The molecule has 5 rings (SSSR count). The number of benzene rings is 4. The van der Waals surface area contributed by atoms with Gasteiger partial charge in [0.15, 0.2) is 0 Å². The van der Waals surface area contributed by atoms with E-state index in [9.17, 15) is 4.79 Å². The van der Waals surface area contributed by atoms with Crippen molar-refractivity contribution in [3.63, 3.8) is 0 Å². The van der Waals surface area contributed by atoms with Gasteiger partial charge in [-0.15, -0.1) is 0 Å². The lowest BCUT2D eigenvalue weighted by molar-refractivity contribution is 0.102. The number of methoxy groups -OCH3 is 1. The Balaban J connectivity index is 1.23. The van der Waals surface area contributed by atoms with Crippen LogP contribution in [-0.2, 0) is 4.74 Å². The molecule has 1 aliphatic heterocycles. The Kier molecular flexibility index (Phi) is 9.80. The first-order valence-electron chi connectivity index (χ1n) is 14.7. The molecule has 1 atom stereocenters. The van der Waals surface area contributed by atoms with Gasteiger partial charge in [0.05, 0.1) is 19.2 Å².